The zero-order valence-electron chi connectivity index (χ0n) is 11.5. The molecule has 0 spiro atoms. The third kappa shape index (κ3) is 9.09. The van der Waals surface area contributed by atoms with Crippen molar-refractivity contribution in [2.24, 2.45) is 0 Å². The van der Waals surface area contributed by atoms with Gasteiger partial charge in [0.25, 0.3) is 0 Å². The van der Waals surface area contributed by atoms with Gasteiger partial charge in [0.05, 0.1) is 0 Å². The van der Waals surface area contributed by atoms with E-state index in [0.717, 1.165) is 0 Å². The van der Waals surface area contributed by atoms with Crippen molar-refractivity contribution in [3.8, 4) is 0 Å². The highest BCUT2D eigenvalue weighted by Gasteiger charge is 2.36. The normalized spacial score (nSPS) is 10.6. The second-order valence-corrected chi connectivity index (χ2v) is 5.59. The molecule has 0 bridgehead atoms. The first-order valence-corrected chi connectivity index (χ1v) is 8.01. The van der Waals surface area contributed by atoms with Gasteiger partial charge < -0.3 is 13.3 Å². The Morgan fingerprint density at radius 2 is 1.12 bits per heavy atom. The van der Waals surface area contributed by atoms with Gasteiger partial charge in [-0.1, -0.05) is 33.3 Å². The number of hydrogen-bond donors (Lipinski definition) is 0. The molecule has 98 valence electrons. The van der Waals surface area contributed by atoms with Crippen LogP contribution in [0.4, 0.5) is 0 Å². The van der Waals surface area contributed by atoms with Crippen molar-refractivity contribution in [3.05, 3.63) is 12.3 Å². The van der Waals surface area contributed by atoms with Gasteiger partial charge in [-0.25, -0.2) is 0 Å². The summed E-state index contributed by atoms with van der Waals surface area (Å²) in [4.78, 5) is 0. The molecule has 0 rings (SSSR count). The first-order chi connectivity index (χ1) is 7.66. The van der Waals surface area contributed by atoms with Crippen LogP contribution in [-0.4, -0.2) is 28.6 Å². The Bertz CT molecular complexity index is 132. The molecule has 0 saturated carbocycles. The molecule has 0 aliphatic heterocycles. The molecular weight excluding hydrogens is 220 g/mol. The van der Waals surface area contributed by atoms with Crippen LogP contribution in [0, 0.1) is 0 Å². The molecule has 0 aromatic rings. The Kier molecular flexibility index (Phi) is 14.7. The first kappa shape index (κ1) is 18.2. The minimum Gasteiger partial charge on any atom is -0.371 e. The van der Waals surface area contributed by atoms with Gasteiger partial charge in [-0.2, -0.15) is 0 Å². The van der Waals surface area contributed by atoms with E-state index in [4.69, 9.17) is 13.3 Å². The lowest BCUT2D eigenvalue weighted by Crippen LogP contribution is -2.44. The molecular formula is C12H28O3Si. The van der Waals surface area contributed by atoms with E-state index in [0.29, 0.717) is 19.8 Å². The molecule has 16 heavy (non-hydrogen) atoms. The highest BCUT2D eigenvalue weighted by Crippen LogP contribution is 2.10. The van der Waals surface area contributed by atoms with Crippen LogP contribution in [0.25, 0.3) is 0 Å². The minimum absolute atomic E-state index is 0.595. The van der Waals surface area contributed by atoms with Crippen molar-refractivity contribution in [1.82, 2.24) is 0 Å². The van der Waals surface area contributed by atoms with Gasteiger partial charge in [-0.3, -0.25) is 0 Å². The maximum absolute atomic E-state index is 5.44. The molecule has 0 unspecified atom stereocenters. The van der Waals surface area contributed by atoms with Crippen LogP contribution in [0.2, 0.25) is 0 Å². The fraction of sp³-hybridized carbons (Fsp3) is 0.833. The second-order valence-electron chi connectivity index (χ2n) is 3.11. The largest absolute Gasteiger partial charge is 0.528 e. The van der Waals surface area contributed by atoms with Crippen molar-refractivity contribution in [2.45, 2.75) is 47.5 Å². The third-order valence-corrected chi connectivity index (χ3v) is 4.36. The SMILES string of the molecule is C=C[Si](OCC)(OCC)OCC.CCCC. The molecule has 0 saturated heterocycles. The van der Waals surface area contributed by atoms with E-state index in [2.05, 4.69) is 20.4 Å². The lowest BCUT2D eigenvalue weighted by molar-refractivity contribution is 0.0844. The van der Waals surface area contributed by atoms with E-state index in [9.17, 15) is 0 Å². The highest BCUT2D eigenvalue weighted by atomic mass is 28.4. The summed E-state index contributed by atoms with van der Waals surface area (Å²) in [6.45, 7) is 15.6. The lowest BCUT2D eigenvalue weighted by Gasteiger charge is -2.24. The molecule has 0 fully saturated rings. The maximum atomic E-state index is 5.44. The van der Waals surface area contributed by atoms with Crippen molar-refractivity contribution in [3.63, 3.8) is 0 Å². The van der Waals surface area contributed by atoms with E-state index >= 15 is 0 Å². The van der Waals surface area contributed by atoms with Gasteiger partial charge in [-0.15, -0.1) is 0 Å². The molecule has 3 nitrogen and oxygen atoms in total. The number of rotatable bonds is 8. The summed E-state index contributed by atoms with van der Waals surface area (Å²) in [6, 6.07) is 0. The van der Waals surface area contributed by atoms with Gasteiger partial charge in [0.2, 0.25) is 0 Å². The zero-order valence-corrected chi connectivity index (χ0v) is 12.5. The number of hydrogen-bond acceptors (Lipinski definition) is 3. The molecule has 4 heteroatoms. The van der Waals surface area contributed by atoms with Crippen LogP contribution in [0.1, 0.15) is 47.5 Å². The van der Waals surface area contributed by atoms with Gasteiger partial charge in [0.1, 0.15) is 0 Å². The van der Waals surface area contributed by atoms with Crippen LogP contribution in [0.15, 0.2) is 12.3 Å². The fourth-order valence-corrected chi connectivity index (χ4v) is 2.72. The smallest absolute Gasteiger partial charge is 0.371 e. The summed E-state index contributed by atoms with van der Waals surface area (Å²) in [5.74, 6) is 0. The summed E-state index contributed by atoms with van der Waals surface area (Å²) in [7, 11) is -2.51. The summed E-state index contributed by atoms with van der Waals surface area (Å²) in [5.41, 5.74) is 1.67. The Balaban J connectivity index is 0. The molecule has 0 heterocycles. The Hall–Kier alpha value is -0.163. The highest BCUT2D eigenvalue weighted by molar-refractivity contribution is 6.66. The van der Waals surface area contributed by atoms with Crippen LogP contribution in [0.5, 0.6) is 0 Å². The van der Waals surface area contributed by atoms with Crippen molar-refractivity contribution < 1.29 is 13.3 Å². The molecule has 0 aliphatic rings. The first-order valence-electron chi connectivity index (χ1n) is 6.21. The molecule has 0 amide bonds. The van der Waals surface area contributed by atoms with Crippen molar-refractivity contribution >= 4 is 8.80 Å². The van der Waals surface area contributed by atoms with Crippen LogP contribution in [-0.2, 0) is 13.3 Å². The maximum Gasteiger partial charge on any atom is 0.528 e. The van der Waals surface area contributed by atoms with Crippen LogP contribution < -0.4 is 0 Å². The van der Waals surface area contributed by atoms with E-state index in [1.807, 2.05) is 20.8 Å². The Labute approximate surface area is 102 Å². The molecule has 0 aromatic carbocycles. The van der Waals surface area contributed by atoms with Crippen LogP contribution in [0.3, 0.4) is 0 Å². The van der Waals surface area contributed by atoms with Crippen molar-refractivity contribution in [2.75, 3.05) is 19.8 Å². The van der Waals surface area contributed by atoms with Crippen molar-refractivity contribution in [1.29, 1.82) is 0 Å². The third-order valence-electron chi connectivity index (χ3n) is 1.79. The second kappa shape index (κ2) is 12.9. The van der Waals surface area contributed by atoms with Gasteiger partial charge in [0, 0.05) is 19.8 Å². The van der Waals surface area contributed by atoms with Gasteiger partial charge >= 0.3 is 8.80 Å². The Morgan fingerprint density at radius 1 is 0.812 bits per heavy atom. The van der Waals surface area contributed by atoms with E-state index in [-0.39, 0.29) is 0 Å². The lowest BCUT2D eigenvalue weighted by atomic mass is 10.4. The summed E-state index contributed by atoms with van der Waals surface area (Å²) in [5, 5.41) is 0. The summed E-state index contributed by atoms with van der Waals surface area (Å²) >= 11 is 0. The molecule has 0 N–H and O–H groups in total. The van der Waals surface area contributed by atoms with E-state index in [1.54, 1.807) is 5.70 Å². The summed E-state index contributed by atoms with van der Waals surface area (Å²) < 4.78 is 16.3. The molecule has 0 radical (unpaired) electrons. The van der Waals surface area contributed by atoms with Gasteiger partial charge in [-0.05, 0) is 26.5 Å². The fourth-order valence-electron chi connectivity index (χ4n) is 0.905. The van der Waals surface area contributed by atoms with Gasteiger partial charge in [0.15, 0.2) is 0 Å². The predicted molar refractivity (Wildman–Crippen MR) is 71.4 cm³/mol. The molecule has 0 aromatic heterocycles. The standard InChI is InChI=1S/C8H18O3Si.C4H10/c1-5-9-12(8-4,10-6-2)11-7-3;1-3-4-2/h8H,4-7H2,1-3H3;3-4H2,1-2H3. The topological polar surface area (TPSA) is 27.7 Å². The molecule has 0 aliphatic carbocycles. The number of unbranched alkanes of at least 4 members (excludes halogenated alkanes) is 1. The van der Waals surface area contributed by atoms with E-state index < -0.39 is 8.80 Å². The Morgan fingerprint density at radius 3 is 1.25 bits per heavy atom. The minimum atomic E-state index is -2.51. The van der Waals surface area contributed by atoms with E-state index in [1.165, 1.54) is 12.8 Å². The summed E-state index contributed by atoms with van der Waals surface area (Å²) in [6.07, 6.45) is 2.64. The zero-order chi connectivity index (χ0) is 12.9. The quantitative estimate of drug-likeness (QED) is 0.615. The average molecular weight is 248 g/mol. The predicted octanol–water partition coefficient (Wildman–Crippen LogP) is 3.57. The van der Waals surface area contributed by atoms with Crippen LogP contribution >= 0.6 is 0 Å². The monoisotopic (exact) mass is 248 g/mol. The molecule has 0 atom stereocenters. The average Bonchev–Trinajstić information content (AvgIpc) is 2.30.